The Balaban J connectivity index is 2.20. The number of rotatable bonds is 7. The van der Waals surface area contributed by atoms with Crippen LogP contribution in [-0.4, -0.2) is 34.9 Å². The highest BCUT2D eigenvalue weighted by molar-refractivity contribution is 5.99. The van der Waals surface area contributed by atoms with Crippen molar-refractivity contribution in [2.24, 2.45) is 0 Å². The van der Waals surface area contributed by atoms with Gasteiger partial charge in [-0.3, -0.25) is 10.00 Å². The van der Waals surface area contributed by atoms with Gasteiger partial charge in [-0.15, -0.1) is 6.58 Å². The van der Waals surface area contributed by atoms with Crippen LogP contribution in [0.1, 0.15) is 22.8 Å². The van der Waals surface area contributed by atoms with Gasteiger partial charge in [-0.1, -0.05) is 36.4 Å². The van der Waals surface area contributed by atoms with Crippen molar-refractivity contribution in [3.63, 3.8) is 0 Å². The highest BCUT2D eigenvalue weighted by atomic mass is 16.5. The molecule has 0 saturated heterocycles. The molecule has 0 aliphatic heterocycles. The Morgan fingerprint density at radius 1 is 1.33 bits per heavy atom. The third-order valence-corrected chi connectivity index (χ3v) is 3.08. The van der Waals surface area contributed by atoms with Crippen LogP contribution in [0.25, 0.3) is 0 Å². The van der Waals surface area contributed by atoms with Crippen LogP contribution in [0.15, 0.2) is 49.2 Å². The zero-order valence-corrected chi connectivity index (χ0v) is 13.5. The number of benzene rings is 1. The molecule has 0 aliphatic carbocycles. The van der Waals surface area contributed by atoms with E-state index in [-0.39, 0.29) is 18.0 Å². The van der Waals surface area contributed by atoms with E-state index in [1.54, 1.807) is 23.9 Å². The number of aromatic nitrogens is 2. The van der Waals surface area contributed by atoms with Crippen LogP contribution in [0.4, 0.5) is 10.6 Å². The molecular weight excluding hydrogens is 308 g/mol. The summed E-state index contributed by atoms with van der Waals surface area (Å²) in [7, 11) is 0. The molecule has 7 nitrogen and oxygen atoms in total. The second-order valence-corrected chi connectivity index (χ2v) is 4.92. The number of carbonyl (C=O) groups excluding carboxylic acids is 2. The Hall–Kier alpha value is -3.09. The summed E-state index contributed by atoms with van der Waals surface area (Å²) in [6.07, 6.45) is 3.12. The van der Waals surface area contributed by atoms with E-state index in [9.17, 15) is 9.59 Å². The summed E-state index contributed by atoms with van der Waals surface area (Å²) in [4.78, 5) is 23.9. The normalized spacial score (nSPS) is 10.0. The van der Waals surface area contributed by atoms with Crippen LogP contribution in [-0.2, 0) is 11.3 Å². The first kappa shape index (κ1) is 17.3. The zero-order valence-electron chi connectivity index (χ0n) is 13.5. The molecule has 126 valence electrons. The first-order valence-electron chi connectivity index (χ1n) is 7.58. The zero-order chi connectivity index (χ0) is 17.4. The Morgan fingerprint density at radius 2 is 2.08 bits per heavy atom. The number of nitrogens with zero attached hydrogens (tertiary/aromatic N) is 2. The smallest absolute Gasteiger partial charge is 0.343 e. The topological polar surface area (TPSA) is 85.3 Å². The van der Waals surface area contributed by atoms with E-state index in [0.717, 1.165) is 5.56 Å². The number of urea groups is 1. The van der Waals surface area contributed by atoms with Crippen LogP contribution in [0.5, 0.6) is 0 Å². The lowest BCUT2D eigenvalue weighted by Crippen LogP contribution is -2.29. The molecule has 0 unspecified atom stereocenters. The SMILES string of the molecule is C=CCNC(=O)Nc1nn(Cc2ccccc2)cc1C(=O)OCC. The van der Waals surface area contributed by atoms with Crippen molar-refractivity contribution in [3.05, 3.63) is 60.3 Å². The molecule has 24 heavy (non-hydrogen) atoms. The molecule has 2 aromatic rings. The lowest BCUT2D eigenvalue weighted by atomic mass is 10.2. The molecule has 2 rings (SSSR count). The van der Waals surface area contributed by atoms with Crippen LogP contribution in [0.2, 0.25) is 0 Å². The standard InChI is InChI=1S/C17H20N4O3/c1-3-10-18-17(23)19-15-14(16(22)24-4-2)12-21(20-15)11-13-8-6-5-7-9-13/h3,5-9,12H,1,4,10-11H2,2H3,(H2,18,19,20,23). The molecule has 0 bridgehead atoms. The molecule has 2 amide bonds. The monoisotopic (exact) mass is 328 g/mol. The Bertz CT molecular complexity index is 710. The number of hydrogen-bond acceptors (Lipinski definition) is 4. The highest BCUT2D eigenvalue weighted by Gasteiger charge is 2.19. The van der Waals surface area contributed by atoms with Crippen molar-refractivity contribution < 1.29 is 14.3 Å². The molecule has 0 radical (unpaired) electrons. The maximum Gasteiger partial charge on any atom is 0.343 e. The number of anilines is 1. The molecule has 2 N–H and O–H groups in total. The molecule has 7 heteroatoms. The van der Waals surface area contributed by atoms with Gasteiger partial charge in [0.25, 0.3) is 0 Å². The number of hydrogen-bond donors (Lipinski definition) is 2. The summed E-state index contributed by atoms with van der Waals surface area (Å²) in [5.74, 6) is -0.373. The maximum absolute atomic E-state index is 12.1. The van der Waals surface area contributed by atoms with Crippen molar-refractivity contribution in [1.82, 2.24) is 15.1 Å². The van der Waals surface area contributed by atoms with Gasteiger partial charge < -0.3 is 10.1 Å². The molecule has 0 fully saturated rings. The van der Waals surface area contributed by atoms with E-state index < -0.39 is 12.0 Å². The minimum Gasteiger partial charge on any atom is -0.462 e. The van der Waals surface area contributed by atoms with Crippen molar-refractivity contribution >= 4 is 17.8 Å². The predicted octanol–water partition coefficient (Wildman–Crippen LogP) is 2.42. The van der Waals surface area contributed by atoms with Gasteiger partial charge in [0.2, 0.25) is 0 Å². The number of carbonyl (C=O) groups is 2. The van der Waals surface area contributed by atoms with E-state index in [0.29, 0.717) is 13.1 Å². The number of amides is 2. The molecule has 0 atom stereocenters. The molecule has 1 heterocycles. The number of ether oxygens (including phenoxy) is 1. The van der Waals surface area contributed by atoms with Crippen LogP contribution < -0.4 is 10.6 Å². The second-order valence-electron chi connectivity index (χ2n) is 4.92. The van der Waals surface area contributed by atoms with Gasteiger partial charge >= 0.3 is 12.0 Å². The van der Waals surface area contributed by atoms with Gasteiger partial charge in [0.15, 0.2) is 5.82 Å². The van der Waals surface area contributed by atoms with Gasteiger partial charge in [-0.25, -0.2) is 9.59 Å². The lowest BCUT2D eigenvalue weighted by Gasteiger charge is -2.05. The Kier molecular flexibility index (Phi) is 6.13. The van der Waals surface area contributed by atoms with Crippen molar-refractivity contribution in [1.29, 1.82) is 0 Å². The van der Waals surface area contributed by atoms with E-state index in [1.807, 2.05) is 30.3 Å². The van der Waals surface area contributed by atoms with Gasteiger partial charge in [-0.05, 0) is 12.5 Å². The fourth-order valence-electron chi connectivity index (χ4n) is 2.04. The molecule has 1 aromatic carbocycles. The first-order valence-corrected chi connectivity index (χ1v) is 7.58. The summed E-state index contributed by atoms with van der Waals surface area (Å²) in [6.45, 7) is 6.27. The summed E-state index contributed by atoms with van der Waals surface area (Å²) in [6, 6.07) is 9.21. The molecule has 0 saturated carbocycles. The fourth-order valence-corrected chi connectivity index (χ4v) is 2.04. The van der Waals surface area contributed by atoms with E-state index >= 15 is 0 Å². The highest BCUT2D eigenvalue weighted by Crippen LogP contribution is 2.16. The van der Waals surface area contributed by atoms with Gasteiger partial charge in [-0.2, -0.15) is 5.10 Å². The minimum absolute atomic E-state index is 0.158. The fraction of sp³-hybridized carbons (Fsp3) is 0.235. The molecule has 0 spiro atoms. The first-order chi connectivity index (χ1) is 11.6. The Morgan fingerprint density at radius 3 is 2.75 bits per heavy atom. The van der Waals surface area contributed by atoms with E-state index in [4.69, 9.17) is 4.74 Å². The molecular formula is C17H20N4O3. The second kappa shape index (κ2) is 8.52. The van der Waals surface area contributed by atoms with Crippen LogP contribution in [0.3, 0.4) is 0 Å². The van der Waals surface area contributed by atoms with Crippen LogP contribution >= 0.6 is 0 Å². The van der Waals surface area contributed by atoms with Crippen LogP contribution in [0, 0.1) is 0 Å². The van der Waals surface area contributed by atoms with Crippen molar-refractivity contribution in [2.75, 3.05) is 18.5 Å². The third kappa shape index (κ3) is 4.70. The minimum atomic E-state index is -0.532. The lowest BCUT2D eigenvalue weighted by molar-refractivity contribution is 0.0527. The quantitative estimate of drug-likeness (QED) is 0.604. The largest absolute Gasteiger partial charge is 0.462 e. The molecule has 1 aromatic heterocycles. The van der Waals surface area contributed by atoms with Gasteiger partial charge in [0.1, 0.15) is 5.56 Å². The van der Waals surface area contributed by atoms with E-state index in [1.165, 1.54) is 0 Å². The summed E-state index contributed by atoms with van der Waals surface area (Å²) >= 11 is 0. The van der Waals surface area contributed by atoms with E-state index in [2.05, 4.69) is 22.3 Å². The average molecular weight is 328 g/mol. The predicted molar refractivity (Wildman–Crippen MR) is 90.9 cm³/mol. The number of nitrogens with one attached hydrogen (secondary N) is 2. The third-order valence-electron chi connectivity index (χ3n) is 3.08. The molecule has 0 aliphatic rings. The van der Waals surface area contributed by atoms with Crippen molar-refractivity contribution in [3.8, 4) is 0 Å². The average Bonchev–Trinajstić information content (AvgIpc) is 2.96. The van der Waals surface area contributed by atoms with Gasteiger partial charge in [0, 0.05) is 12.7 Å². The maximum atomic E-state index is 12.1. The number of esters is 1. The Labute approximate surface area is 140 Å². The summed E-state index contributed by atoms with van der Waals surface area (Å²) in [5, 5.41) is 9.40. The van der Waals surface area contributed by atoms with Gasteiger partial charge in [0.05, 0.1) is 13.2 Å². The summed E-state index contributed by atoms with van der Waals surface area (Å²) < 4.78 is 6.60. The van der Waals surface area contributed by atoms with Crippen molar-refractivity contribution in [2.45, 2.75) is 13.5 Å². The summed E-state index contributed by atoms with van der Waals surface area (Å²) in [5.41, 5.74) is 1.24.